The van der Waals surface area contributed by atoms with Crippen LogP contribution in [-0.2, 0) is 23.8 Å². The maximum Gasteiger partial charge on any atom is 0.306 e. The van der Waals surface area contributed by atoms with Crippen molar-refractivity contribution >= 4 is 11.9 Å². The van der Waals surface area contributed by atoms with Crippen LogP contribution in [0, 0.1) is 0 Å². The van der Waals surface area contributed by atoms with E-state index >= 15 is 0 Å². The quantitative estimate of drug-likeness (QED) is 0.0358. The lowest BCUT2D eigenvalue weighted by Crippen LogP contribution is -2.30. The molecule has 0 spiro atoms. The fourth-order valence-corrected chi connectivity index (χ4v) is 5.80. The van der Waals surface area contributed by atoms with E-state index in [0.717, 1.165) is 83.5 Å². The highest BCUT2D eigenvalue weighted by molar-refractivity contribution is 5.70. The normalized spacial score (nSPS) is 12.8. The third kappa shape index (κ3) is 40.4. The second-order valence-electron chi connectivity index (χ2n) is 14.2. The van der Waals surface area contributed by atoms with Gasteiger partial charge in [-0.05, 0) is 77.0 Å². The minimum Gasteiger partial charge on any atom is -0.462 e. The Morgan fingerprint density at radius 3 is 1.46 bits per heavy atom. The largest absolute Gasteiger partial charge is 0.462 e. The maximum atomic E-state index is 12.6. The number of carbonyl (C=O) groups is 2. The molecule has 0 aliphatic carbocycles. The second kappa shape index (κ2) is 43.0. The van der Waals surface area contributed by atoms with Gasteiger partial charge in [0.1, 0.15) is 6.61 Å². The fourth-order valence-electron chi connectivity index (χ4n) is 5.80. The first-order chi connectivity index (χ1) is 25.6. The SMILES string of the molecule is CC/C=C\C/C=C\C/C=C\CCCCCCCC(=O)OCC(COCCCCCCCC/C=C\C/C=C\CCC)OC(=O)CCCCCCCCC. The smallest absolute Gasteiger partial charge is 0.306 e. The van der Waals surface area contributed by atoms with Crippen molar-refractivity contribution in [2.24, 2.45) is 0 Å². The van der Waals surface area contributed by atoms with Crippen LogP contribution in [0.1, 0.15) is 201 Å². The van der Waals surface area contributed by atoms with Crippen LogP contribution in [0.3, 0.4) is 0 Å². The van der Waals surface area contributed by atoms with Crippen LogP contribution in [0.2, 0.25) is 0 Å². The lowest BCUT2D eigenvalue weighted by atomic mass is 10.1. The summed E-state index contributed by atoms with van der Waals surface area (Å²) >= 11 is 0. The van der Waals surface area contributed by atoms with Crippen molar-refractivity contribution in [3.05, 3.63) is 60.8 Å². The molecule has 0 N–H and O–H groups in total. The van der Waals surface area contributed by atoms with Gasteiger partial charge < -0.3 is 14.2 Å². The average molecular weight is 727 g/mol. The molecule has 5 nitrogen and oxygen atoms in total. The van der Waals surface area contributed by atoms with Gasteiger partial charge in [-0.25, -0.2) is 0 Å². The Kier molecular flexibility index (Phi) is 41.0. The lowest BCUT2D eigenvalue weighted by molar-refractivity contribution is -0.163. The predicted octanol–water partition coefficient (Wildman–Crippen LogP) is 14.2. The molecule has 300 valence electrons. The van der Waals surface area contributed by atoms with Gasteiger partial charge in [-0.1, -0.05) is 171 Å². The summed E-state index contributed by atoms with van der Waals surface area (Å²) < 4.78 is 17.2. The van der Waals surface area contributed by atoms with E-state index in [0.29, 0.717) is 19.4 Å². The summed E-state index contributed by atoms with van der Waals surface area (Å²) in [6.45, 7) is 7.57. The topological polar surface area (TPSA) is 61.8 Å². The molecule has 0 aliphatic heterocycles. The minimum absolute atomic E-state index is 0.0715. The summed E-state index contributed by atoms with van der Waals surface area (Å²) in [5.74, 6) is -0.430. The van der Waals surface area contributed by atoms with Crippen molar-refractivity contribution in [1.29, 1.82) is 0 Å². The summed E-state index contributed by atoms with van der Waals surface area (Å²) in [7, 11) is 0. The molecule has 5 heteroatoms. The Morgan fingerprint density at radius 1 is 0.442 bits per heavy atom. The van der Waals surface area contributed by atoms with Gasteiger partial charge in [0.25, 0.3) is 0 Å². The third-order valence-electron chi connectivity index (χ3n) is 9.02. The molecule has 0 saturated heterocycles. The number of allylic oxidation sites excluding steroid dienone is 10. The summed E-state index contributed by atoms with van der Waals surface area (Å²) in [4.78, 5) is 25.1. The van der Waals surface area contributed by atoms with E-state index in [1.807, 2.05) is 0 Å². The van der Waals surface area contributed by atoms with Crippen LogP contribution in [-0.4, -0.2) is 37.9 Å². The predicted molar refractivity (Wildman–Crippen MR) is 224 cm³/mol. The maximum absolute atomic E-state index is 12.6. The summed E-state index contributed by atoms with van der Waals surface area (Å²) in [6, 6.07) is 0. The molecular formula is C47H82O5. The zero-order chi connectivity index (χ0) is 37.8. The van der Waals surface area contributed by atoms with Gasteiger partial charge in [-0.3, -0.25) is 9.59 Å². The highest BCUT2D eigenvalue weighted by atomic mass is 16.6. The number of hydrogen-bond acceptors (Lipinski definition) is 5. The number of esters is 2. The van der Waals surface area contributed by atoms with E-state index in [1.54, 1.807) is 0 Å². The average Bonchev–Trinajstić information content (AvgIpc) is 3.14. The molecule has 0 fully saturated rings. The Labute approximate surface area is 322 Å². The van der Waals surface area contributed by atoms with E-state index < -0.39 is 6.10 Å². The van der Waals surface area contributed by atoms with E-state index in [1.165, 1.54) is 83.5 Å². The van der Waals surface area contributed by atoms with Crippen molar-refractivity contribution < 1.29 is 23.8 Å². The van der Waals surface area contributed by atoms with E-state index in [2.05, 4.69) is 81.5 Å². The molecule has 0 bridgehead atoms. The van der Waals surface area contributed by atoms with E-state index in [9.17, 15) is 9.59 Å². The summed E-state index contributed by atoms with van der Waals surface area (Å²) in [5.41, 5.74) is 0. The van der Waals surface area contributed by atoms with Crippen molar-refractivity contribution in [3.8, 4) is 0 Å². The lowest BCUT2D eigenvalue weighted by Gasteiger charge is -2.18. The second-order valence-corrected chi connectivity index (χ2v) is 14.2. The number of carbonyl (C=O) groups excluding carboxylic acids is 2. The monoisotopic (exact) mass is 727 g/mol. The van der Waals surface area contributed by atoms with E-state index in [-0.39, 0.29) is 25.2 Å². The molecule has 0 heterocycles. The first-order valence-electron chi connectivity index (χ1n) is 21.8. The van der Waals surface area contributed by atoms with Gasteiger partial charge in [0.15, 0.2) is 6.10 Å². The highest BCUT2D eigenvalue weighted by Crippen LogP contribution is 2.12. The molecule has 0 amide bonds. The number of rotatable bonds is 39. The Balaban J connectivity index is 4.21. The van der Waals surface area contributed by atoms with Crippen molar-refractivity contribution in [1.82, 2.24) is 0 Å². The molecule has 0 aromatic heterocycles. The fraction of sp³-hybridized carbons (Fsp3) is 0.745. The molecule has 0 rings (SSSR count). The third-order valence-corrected chi connectivity index (χ3v) is 9.02. The molecule has 0 aliphatic rings. The molecule has 52 heavy (non-hydrogen) atoms. The standard InChI is InChI=1S/C47H82O5/c1-4-7-10-13-16-18-20-22-24-25-27-29-32-34-37-40-46(48)51-44-45(52-47(49)41-38-35-31-15-12-9-6-3)43-50-42-39-36-33-30-28-26-23-21-19-17-14-11-8-5-2/h7,10-11,14,16,18-19,21-22,24,45H,4-6,8-9,12-13,15,17,20,23,25-44H2,1-3H3/b10-7-,14-11-,18-16-,21-19-,24-22-. The van der Waals surface area contributed by atoms with Gasteiger partial charge in [0.05, 0.1) is 6.61 Å². The van der Waals surface area contributed by atoms with Crippen LogP contribution < -0.4 is 0 Å². The summed E-state index contributed by atoms with van der Waals surface area (Å²) in [6.07, 6.45) is 52.2. The van der Waals surface area contributed by atoms with Gasteiger partial charge >= 0.3 is 11.9 Å². The molecule has 1 unspecified atom stereocenters. The Hall–Kier alpha value is -2.40. The highest BCUT2D eigenvalue weighted by Gasteiger charge is 2.17. The van der Waals surface area contributed by atoms with Gasteiger partial charge in [-0.15, -0.1) is 0 Å². The number of ether oxygens (including phenoxy) is 3. The Bertz CT molecular complexity index is 915. The van der Waals surface area contributed by atoms with Gasteiger partial charge in [0, 0.05) is 19.4 Å². The molecule has 0 aromatic rings. The van der Waals surface area contributed by atoms with E-state index in [4.69, 9.17) is 14.2 Å². The van der Waals surface area contributed by atoms with Crippen LogP contribution >= 0.6 is 0 Å². The zero-order valence-corrected chi connectivity index (χ0v) is 34.3. The number of unbranched alkanes of at least 4 members (excludes halogenated alkanes) is 18. The minimum atomic E-state index is -0.544. The first-order valence-corrected chi connectivity index (χ1v) is 21.8. The molecule has 0 radical (unpaired) electrons. The Morgan fingerprint density at radius 2 is 0.904 bits per heavy atom. The molecule has 1 atom stereocenters. The van der Waals surface area contributed by atoms with Gasteiger partial charge in [0.2, 0.25) is 0 Å². The molecule has 0 aromatic carbocycles. The number of hydrogen-bond donors (Lipinski definition) is 0. The summed E-state index contributed by atoms with van der Waals surface area (Å²) in [5, 5.41) is 0. The molecular weight excluding hydrogens is 645 g/mol. The van der Waals surface area contributed by atoms with Gasteiger partial charge in [-0.2, -0.15) is 0 Å². The van der Waals surface area contributed by atoms with Crippen LogP contribution in [0.25, 0.3) is 0 Å². The van der Waals surface area contributed by atoms with Crippen LogP contribution in [0.4, 0.5) is 0 Å². The van der Waals surface area contributed by atoms with Crippen molar-refractivity contribution in [3.63, 3.8) is 0 Å². The zero-order valence-electron chi connectivity index (χ0n) is 34.3. The van der Waals surface area contributed by atoms with Crippen molar-refractivity contribution in [2.75, 3.05) is 19.8 Å². The van der Waals surface area contributed by atoms with Crippen LogP contribution in [0.5, 0.6) is 0 Å². The molecule has 0 saturated carbocycles. The van der Waals surface area contributed by atoms with Crippen molar-refractivity contribution in [2.45, 2.75) is 207 Å². The first kappa shape index (κ1) is 49.6. The van der Waals surface area contributed by atoms with Crippen LogP contribution in [0.15, 0.2) is 60.8 Å².